The number of rotatable bonds is 4. The van der Waals surface area contributed by atoms with Gasteiger partial charge in [0.2, 0.25) is 5.91 Å². The molecule has 1 amide bonds. The van der Waals surface area contributed by atoms with Gasteiger partial charge in [-0.2, -0.15) is 0 Å². The first-order valence-electron chi connectivity index (χ1n) is 8.39. The van der Waals surface area contributed by atoms with Crippen molar-refractivity contribution in [3.8, 4) is 0 Å². The Labute approximate surface area is 131 Å². The first-order chi connectivity index (χ1) is 10.6. The van der Waals surface area contributed by atoms with Crippen molar-refractivity contribution < 1.29 is 4.79 Å². The van der Waals surface area contributed by atoms with Crippen LogP contribution in [0.1, 0.15) is 57.7 Å². The fourth-order valence-electron chi connectivity index (χ4n) is 3.44. The summed E-state index contributed by atoms with van der Waals surface area (Å²) in [4.78, 5) is 17.1. The maximum atomic E-state index is 12.2. The van der Waals surface area contributed by atoms with E-state index in [0.29, 0.717) is 12.5 Å². The molecule has 1 aromatic carbocycles. The first kappa shape index (κ1) is 15.1. The average Bonchev–Trinajstić information content (AvgIpc) is 2.86. The summed E-state index contributed by atoms with van der Waals surface area (Å²) < 4.78 is 2.13. The van der Waals surface area contributed by atoms with Crippen LogP contribution in [-0.4, -0.2) is 21.5 Å². The minimum absolute atomic E-state index is 0.0650. The standard InChI is InChI=1S/C18H25N3O/c1-13(2)19-17(22)12-21-16-11-7-6-10-15(16)20-18(21)14-8-4-3-5-9-14/h6-7,10-11,13-14H,3-5,8-9,12H2,1-2H3,(H,19,22). The summed E-state index contributed by atoms with van der Waals surface area (Å²) in [5.41, 5.74) is 2.07. The molecule has 0 spiro atoms. The maximum absolute atomic E-state index is 12.2. The van der Waals surface area contributed by atoms with Gasteiger partial charge in [0.25, 0.3) is 0 Å². The second kappa shape index (κ2) is 6.51. The van der Waals surface area contributed by atoms with Gasteiger partial charge < -0.3 is 9.88 Å². The molecular weight excluding hydrogens is 274 g/mol. The van der Waals surface area contributed by atoms with Crippen LogP contribution < -0.4 is 5.32 Å². The van der Waals surface area contributed by atoms with E-state index in [1.807, 2.05) is 32.0 Å². The number of nitrogens with one attached hydrogen (secondary N) is 1. The highest BCUT2D eigenvalue weighted by molar-refractivity contribution is 5.81. The summed E-state index contributed by atoms with van der Waals surface area (Å²) in [6.45, 7) is 4.35. The summed E-state index contributed by atoms with van der Waals surface area (Å²) in [6.07, 6.45) is 6.24. The SMILES string of the molecule is CC(C)NC(=O)Cn1c(C2CCCCC2)nc2ccccc21. The van der Waals surface area contributed by atoms with Crippen LogP contribution in [0.4, 0.5) is 0 Å². The van der Waals surface area contributed by atoms with Crippen LogP contribution in [0.3, 0.4) is 0 Å². The number of imidazole rings is 1. The smallest absolute Gasteiger partial charge is 0.240 e. The number of aromatic nitrogens is 2. The van der Waals surface area contributed by atoms with Crippen LogP contribution in [0, 0.1) is 0 Å². The molecule has 1 aliphatic carbocycles. The third-order valence-corrected chi connectivity index (χ3v) is 4.41. The molecule has 1 aliphatic rings. The number of para-hydroxylation sites is 2. The molecule has 4 heteroatoms. The Hall–Kier alpha value is -1.84. The fourth-order valence-corrected chi connectivity index (χ4v) is 3.44. The second-order valence-corrected chi connectivity index (χ2v) is 6.60. The van der Waals surface area contributed by atoms with Gasteiger partial charge in [-0.25, -0.2) is 4.98 Å². The van der Waals surface area contributed by atoms with Gasteiger partial charge in [0.15, 0.2) is 0 Å². The van der Waals surface area contributed by atoms with E-state index in [2.05, 4.69) is 16.0 Å². The van der Waals surface area contributed by atoms with Crippen molar-refractivity contribution in [2.45, 2.75) is 64.5 Å². The Kier molecular flexibility index (Phi) is 4.46. The van der Waals surface area contributed by atoms with Crippen LogP contribution in [0.15, 0.2) is 24.3 Å². The molecule has 0 saturated heterocycles. The Morgan fingerprint density at radius 1 is 1.27 bits per heavy atom. The summed E-state index contributed by atoms with van der Waals surface area (Å²) in [5, 5.41) is 2.99. The quantitative estimate of drug-likeness (QED) is 0.937. The average molecular weight is 299 g/mol. The van der Waals surface area contributed by atoms with E-state index < -0.39 is 0 Å². The number of nitrogens with zero attached hydrogens (tertiary/aromatic N) is 2. The highest BCUT2D eigenvalue weighted by Gasteiger charge is 2.23. The summed E-state index contributed by atoms with van der Waals surface area (Å²) in [5.74, 6) is 1.66. The van der Waals surface area contributed by atoms with Crippen molar-refractivity contribution in [2.24, 2.45) is 0 Å². The molecule has 1 N–H and O–H groups in total. The molecular formula is C18H25N3O. The van der Waals surface area contributed by atoms with Crippen LogP contribution in [0.5, 0.6) is 0 Å². The maximum Gasteiger partial charge on any atom is 0.240 e. The molecule has 0 unspecified atom stereocenters. The molecule has 1 heterocycles. The minimum atomic E-state index is 0.0650. The minimum Gasteiger partial charge on any atom is -0.352 e. The number of amides is 1. The molecule has 4 nitrogen and oxygen atoms in total. The Bertz CT molecular complexity index is 653. The number of carbonyl (C=O) groups is 1. The van der Waals surface area contributed by atoms with Gasteiger partial charge in [-0.15, -0.1) is 0 Å². The molecule has 118 valence electrons. The van der Waals surface area contributed by atoms with Crippen LogP contribution in [-0.2, 0) is 11.3 Å². The Morgan fingerprint density at radius 2 is 2.00 bits per heavy atom. The Balaban J connectivity index is 1.95. The van der Waals surface area contributed by atoms with E-state index in [0.717, 1.165) is 16.9 Å². The zero-order valence-electron chi connectivity index (χ0n) is 13.5. The van der Waals surface area contributed by atoms with Gasteiger partial charge >= 0.3 is 0 Å². The van der Waals surface area contributed by atoms with Crippen LogP contribution in [0.25, 0.3) is 11.0 Å². The van der Waals surface area contributed by atoms with Crippen LogP contribution in [0.2, 0.25) is 0 Å². The lowest BCUT2D eigenvalue weighted by Gasteiger charge is -2.22. The molecule has 1 fully saturated rings. The first-order valence-corrected chi connectivity index (χ1v) is 8.39. The molecule has 1 aromatic heterocycles. The molecule has 0 aliphatic heterocycles. The van der Waals surface area contributed by atoms with Crippen molar-refractivity contribution in [1.29, 1.82) is 0 Å². The van der Waals surface area contributed by atoms with Crippen molar-refractivity contribution in [2.75, 3.05) is 0 Å². The van der Waals surface area contributed by atoms with E-state index in [1.54, 1.807) is 0 Å². The van der Waals surface area contributed by atoms with Crippen molar-refractivity contribution in [1.82, 2.24) is 14.9 Å². The number of fused-ring (bicyclic) bond motifs is 1. The Morgan fingerprint density at radius 3 is 2.73 bits per heavy atom. The molecule has 3 rings (SSSR count). The lowest BCUT2D eigenvalue weighted by molar-refractivity contribution is -0.122. The van der Waals surface area contributed by atoms with Gasteiger partial charge in [-0.1, -0.05) is 31.4 Å². The van der Waals surface area contributed by atoms with Crippen molar-refractivity contribution in [3.63, 3.8) is 0 Å². The van der Waals surface area contributed by atoms with Gasteiger partial charge in [0, 0.05) is 12.0 Å². The van der Waals surface area contributed by atoms with E-state index in [4.69, 9.17) is 4.98 Å². The zero-order chi connectivity index (χ0) is 15.5. The van der Waals surface area contributed by atoms with Gasteiger partial charge in [-0.05, 0) is 38.8 Å². The van der Waals surface area contributed by atoms with Gasteiger partial charge in [0.05, 0.1) is 11.0 Å². The third-order valence-electron chi connectivity index (χ3n) is 4.41. The lowest BCUT2D eigenvalue weighted by Crippen LogP contribution is -2.33. The monoisotopic (exact) mass is 299 g/mol. The molecule has 22 heavy (non-hydrogen) atoms. The predicted octanol–water partition coefficient (Wildman–Crippen LogP) is 3.61. The van der Waals surface area contributed by atoms with E-state index in [9.17, 15) is 4.79 Å². The van der Waals surface area contributed by atoms with Crippen molar-refractivity contribution in [3.05, 3.63) is 30.1 Å². The normalized spacial score (nSPS) is 16.3. The molecule has 0 bridgehead atoms. The molecule has 2 aromatic rings. The number of hydrogen-bond donors (Lipinski definition) is 1. The number of hydrogen-bond acceptors (Lipinski definition) is 2. The van der Waals surface area contributed by atoms with Gasteiger partial charge in [-0.3, -0.25) is 4.79 Å². The van der Waals surface area contributed by atoms with Gasteiger partial charge in [0.1, 0.15) is 12.4 Å². The zero-order valence-corrected chi connectivity index (χ0v) is 13.5. The largest absolute Gasteiger partial charge is 0.352 e. The topological polar surface area (TPSA) is 46.9 Å². The lowest BCUT2D eigenvalue weighted by atomic mass is 9.88. The molecule has 0 atom stereocenters. The third kappa shape index (κ3) is 3.16. The summed E-state index contributed by atoms with van der Waals surface area (Å²) in [7, 11) is 0. The van der Waals surface area contributed by atoms with E-state index in [-0.39, 0.29) is 11.9 Å². The highest BCUT2D eigenvalue weighted by atomic mass is 16.2. The van der Waals surface area contributed by atoms with E-state index >= 15 is 0 Å². The highest BCUT2D eigenvalue weighted by Crippen LogP contribution is 2.33. The summed E-state index contributed by atoms with van der Waals surface area (Å²) >= 11 is 0. The van der Waals surface area contributed by atoms with Crippen LogP contribution >= 0.6 is 0 Å². The molecule has 1 saturated carbocycles. The summed E-state index contributed by atoms with van der Waals surface area (Å²) in [6, 6.07) is 8.31. The van der Waals surface area contributed by atoms with E-state index in [1.165, 1.54) is 32.1 Å². The predicted molar refractivity (Wildman–Crippen MR) is 88.8 cm³/mol. The molecule has 0 radical (unpaired) electrons. The number of benzene rings is 1. The fraction of sp³-hybridized carbons (Fsp3) is 0.556. The van der Waals surface area contributed by atoms with Crippen molar-refractivity contribution >= 4 is 16.9 Å². The number of carbonyl (C=O) groups excluding carboxylic acids is 1. The second-order valence-electron chi connectivity index (χ2n) is 6.60.